The van der Waals surface area contributed by atoms with Gasteiger partial charge in [0.25, 0.3) is 5.91 Å². The summed E-state index contributed by atoms with van der Waals surface area (Å²) in [6, 6.07) is 8.54. The third-order valence-corrected chi connectivity index (χ3v) is 2.96. The summed E-state index contributed by atoms with van der Waals surface area (Å²) in [5.41, 5.74) is 1.75. The zero-order valence-corrected chi connectivity index (χ0v) is 12.1. The third kappa shape index (κ3) is 3.47. The van der Waals surface area contributed by atoms with Crippen LogP contribution < -0.4 is 15.5 Å². The Labute approximate surface area is 122 Å². The van der Waals surface area contributed by atoms with Crippen LogP contribution in [-0.2, 0) is 0 Å². The Morgan fingerprint density at radius 2 is 2.05 bits per heavy atom. The summed E-state index contributed by atoms with van der Waals surface area (Å²) in [6.45, 7) is 0. The lowest BCUT2D eigenvalue weighted by Gasteiger charge is -2.14. The number of pyridine rings is 1. The standard InChI is InChI=1S/C15H17FN4O/c1-17-14-13(7-10(16)9-18-14)15(21)19-11-5-4-6-12(8-11)20(2)3/h4-9H,1-3H3,(H,17,18)(H,19,21). The van der Waals surface area contributed by atoms with Crippen LogP contribution in [0.2, 0.25) is 0 Å². The van der Waals surface area contributed by atoms with Crippen LogP contribution in [-0.4, -0.2) is 32.0 Å². The number of aromatic nitrogens is 1. The monoisotopic (exact) mass is 288 g/mol. The summed E-state index contributed by atoms with van der Waals surface area (Å²) in [4.78, 5) is 18.0. The van der Waals surface area contributed by atoms with E-state index in [4.69, 9.17) is 0 Å². The van der Waals surface area contributed by atoms with Crippen molar-refractivity contribution in [3.05, 3.63) is 47.9 Å². The topological polar surface area (TPSA) is 57.3 Å². The first-order valence-corrected chi connectivity index (χ1v) is 6.43. The molecule has 0 unspecified atom stereocenters. The number of carbonyl (C=O) groups excluding carboxylic acids is 1. The lowest BCUT2D eigenvalue weighted by molar-refractivity contribution is 0.102. The van der Waals surface area contributed by atoms with E-state index in [1.54, 1.807) is 13.1 Å². The molecule has 0 aliphatic heterocycles. The van der Waals surface area contributed by atoms with Crippen LogP contribution in [0, 0.1) is 5.82 Å². The van der Waals surface area contributed by atoms with Crippen molar-refractivity contribution in [1.29, 1.82) is 0 Å². The number of nitrogens with one attached hydrogen (secondary N) is 2. The molecule has 0 aliphatic carbocycles. The quantitative estimate of drug-likeness (QED) is 0.908. The molecule has 0 radical (unpaired) electrons. The highest BCUT2D eigenvalue weighted by Gasteiger charge is 2.13. The van der Waals surface area contributed by atoms with Crippen molar-refractivity contribution < 1.29 is 9.18 Å². The van der Waals surface area contributed by atoms with E-state index in [1.807, 2.05) is 37.2 Å². The van der Waals surface area contributed by atoms with Gasteiger partial charge in [0.1, 0.15) is 11.6 Å². The molecule has 1 aromatic heterocycles. The molecule has 1 amide bonds. The Bertz CT molecular complexity index is 658. The minimum atomic E-state index is -0.554. The summed E-state index contributed by atoms with van der Waals surface area (Å²) in [5.74, 6) is -0.638. The van der Waals surface area contributed by atoms with E-state index in [9.17, 15) is 9.18 Å². The molecule has 0 bridgehead atoms. The predicted octanol–water partition coefficient (Wildman–Crippen LogP) is 2.58. The fourth-order valence-corrected chi connectivity index (χ4v) is 1.87. The molecule has 110 valence electrons. The summed E-state index contributed by atoms with van der Waals surface area (Å²) >= 11 is 0. The first-order valence-electron chi connectivity index (χ1n) is 6.43. The van der Waals surface area contributed by atoms with Crippen molar-refractivity contribution in [3.63, 3.8) is 0 Å². The average molecular weight is 288 g/mol. The molecule has 0 spiro atoms. The second-order valence-electron chi connectivity index (χ2n) is 4.70. The van der Waals surface area contributed by atoms with Crippen LogP contribution in [0.3, 0.4) is 0 Å². The fourth-order valence-electron chi connectivity index (χ4n) is 1.87. The van der Waals surface area contributed by atoms with E-state index in [-0.39, 0.29) is 5.56 Å². The zero-order chi connectivity index (χ0) is 15.4. The maximum absolute atomic E-state index is 13.3. The van der Waals surface area contributed by atoms with Crippen LogP contribution in [0.1, 0.15) is 10.4 Å². The van der Waals surface area contributed by atoms with E-state index < -0.39 is 11.7 Å². The van der Waals surface area contributed by atoms with Gasteiger partial charge < -0.3 is 15.5 Å². The van der Waals surface area contributed by atoms with Crippen LogP contribution >= 0.6 is 0 Å². The van der Waals surface area contributed by atoms with Gasteiger partial charge in [-0.1, -0.05) is 6.07 Å². The minimum absolute atomic E-state index is 0.160. The number of halogens is 1. The second kappa shape index (κ2) is 6.21. The lowest BCUT2D eigenvalue weighted by atomic mass is 10.2. The van der Waals surface area contributed by atoms with Crippen molar-refractivity contribution >= 4 is 23.1 Å². The Morgan fingerprint density at radius 3 is 2.71 bits per heavy atom. The van der Waals surface area contributed by atoms with Gasteiger partial charge in [-0.2, -0.15) is 0 Å². The van der Waals surface area contributed by atoms with Gasteiger partial charge in [-0.25, -0.2) is 9.37 Å². The summed E-state index contributed by atoms with van der Waals surface area (Å²) < 4.78 is 13.3. The van der Waals surface area contributed by atoms with Gasteiger partial charge in [-0.3, -0.25) is 4.79 Å². The van der Waals surface area contributed by atoms with Crippen LogP contribution in [0.25, 0.3) is 0 Å². The van der Waals surface area contributed by atoms with E-state index in [0.29, 0.717) is 11.5 Å². The molecule has 21 heavy (non-hydrogen) atoms. The van der Waals surface area contributed by atoms with Gasteiger partial charge in [0.15, 0.2) is 0 Å². The van der Waals surface area contributed by atoms with Crippen molar-refractivity contribution in [2.24, 2.45) is 0 Å². The third-order valence-electron chi connectivity index (χ3n) is 2.96. The molecule has 2 rings (SSSR count). The molecular formula is C15H17FN4O. The summed E-state index contributed by atoms with van der Waals surface area (Å²) in [7, 11) is 5.46. The van der Waals surface area contributed by atoms with Gasteiger partial charge in [0.05, 0.1) is 11.8 Å². The number of carbonyl (C=O) groups is 1. The number of rotatable bonds is 4. The highest BCUT2D eigenvalue weighted by molar-refractivity contribution is 6.07. The van der Waals surface area contributed by atoms with Gasteiger partial charge >= 0.3 is 0 Å². The maximum atomic E-state index is 13.3. The van der Waals surface area contributed by atoms with Crippen LogP contribution in [0.15, 0.2) is 36.5 Å². The van der Waals surface area contributed by atoms with Gasteiger partial charge in [0, 0.05) is 32.5 Å². The largest absolute Gasteiger partial charge is 0.378 e. The second-order valence-corrected chi connectivity index (χ2v) is 4.70. The number of anilines is 3. The van der Waals surface area contributed by atoms with Crippen LogP contribution in [0.5, 0.6) is 0 Å². The molecule has 1 heterocycles. The van der Waals surface area contributed by atoms with E-state index >= 15 is 0 Å². The molecule has 1 aromatic carbocycles. The van der Waals surface area contributed by atoms with Gasteiger partial charge in [-0.15, -0.1) is 0 Å². The number of hydrogen-bond acceptors (Lipinski definition) is 4. The maximum Gasteiger partial charge on any atom is 0.259 e. The van der Waals surface area contributed by atoms with Crippen LogP contribution in [0.4, 0.5) is 21.6 Å². The predicted molar refractivity (Wildman–Crippen MR) is 82.5 cm³/mol. The van der Waals surface area contributed by atoms with E-state index in [2.05, 4.69) is 15.6 Å². The number of amides is 1. The molecule has 5 nitrogen and oxygen atoms in total. The first kappa shape index (κ1) is 14.8. The normalized spacial score (nSPS) is 10.1. The smallest absolute Gasteiger partial charge is 0.259 e. The molecule has 0 saturated heterocycles. The Morgan fingerprint density at radius 1 is 1.29 bits per heavy atom. The molecule has 0 saturated carbocycles. The fraction of sp³-hybridized carbons (Fsp3) is 0.200. The minimum Gasteiger partial charge on any atom is -0.378 e. The SMILES string of the molecule is CNc1ncc(F)cc1C(=O)Nc1cccc(N(C)C)c1. The van der Waals surface area contributed by atoms with Gasteiger partial charge in [-0.05, 0) is 24.3 Å². The summed E-state index contributed by atoms with van der Waals surface area (Å²) in [6.07, 6.45) is 1.06. The summed E-state index contributed by atoms with van der Waals surface area (Å²) in [5, 5.41) is 5.52. The van der Waals surface area contributed by atoms with Crippen molar-refractivity contribution in [2.45, 2.75) is 0 Å². The molecule has 6 heteroatoms. The molecular weight excluding hydrogens is 271 g/mol. The number of hydrogen-bond donors (Lipinski definition) is 2. The molecule has 0 atom stereocenters. The van der Waals surface area contributed by atoms with Gasteiger partial charge in [0.2, 0.25) is 0 Å². The number of benzene rings is 1. The molecule has 0 aliphatic rings. The van der Waals surface area contributed by atoms with E-state index in [0.717, 1.165) is 18.0 Å². The average Bonchev–Trinajstić information content (AvgIpc) is 2.47. The van der Waals surface area contributed by atoms with Crippen molar-refractivity contribution in [3.8, 4) is 0 Å². The molecule has 0 fully saturated rings. The highest BCUT2D eigenvalue weighted by atomic mass is 19.1. The zero-order valence-electron chi connectivity index (χ0n) is 12.1. The van der Waals surface area contributed by atoms with Crippen molar-refractivity contribution in [1.82, 2.24) is 4.98 Å². The number of nitrogens with zero attached hydrogens (tertiary/aromatic N) is 2. The Kier molecular flexibility index (Phi) is 4.37. The first-order chi connectivity index (χ1) is 10.0. The Balaban J connectivity index is 2.26. The lowest BCUT2D eigenvalue weighted by Crippen LogP contribution is -2.16. The van der Waals surface area contributed by atoms with E-state index in [1.165, 1.54) is 0 Å². The molecule has 2 N–H and O–H groups in total. The molecule has 2 aromatic rings. The van der Waals surface area contributed by atoms with Crippen molar-refractivity contribution in [2.75, 3.05) is 36.7 Å². The Hall–Kier alpha value is -2.63. The highest BCUT2D eigenvalue weighted by Crippen LogP contribution is 2.20.